The fourth-order valence-electron chi connectivity index (χ4n) is 5.07. The molecule has 162 valence electrons. The third kappa shape index (κ3) is 4.07. The average molecular weight is 491 g/mol. The van der Waals surface area contributed by atoms with Crippen molar-refractivity contribution < 1.29 is 18.3 Å². The molecule has 0 saturated heterocycles. The maximum Gasteiger partial charge on any atom is 0.246 e. The van der Waals surface area contributed by atoms with Gasteiger partial charge >= 0.3 is 0 Å². The second-order valence-electron chi connectivity index (χ2n) is 8.52. The molecule has 2 bridgehead atoms. The molecule has 2 unspecified atom stereocenters. The normalized spacial score (nSPS) is 29.0. The van der Waals surface area contributed by atoms with Gasteiger partial charge in [-0.15, -0.1) is 0 Å². The monoisotopic (exact) mass is 490 g/mol. The van der Waals surface area contributed by atoms with Crippen LogP contribution in [-0.4, -0.2) is 33.7 Å². The summed E-state index contributed by atoms with van der Waals surface area (Å²) in [5, 5.41) is 5.70. The lowest BCUT2D eigenvalue weighted by atomic mass is 9.55. The molecule has 0 spiro atoms. The van der Waals surface area contributed by atoms with Crippen LogP contribution in [0.5, 0.6) is 5.88 Å². The van der Waals surface area contributed by atoms with Gasteiger partial charge in [0.05, 0.1) is 12.6 Å². The third-order valence-electron chi connectivity index (χ3n) is 6.70. The van der Waals surface area contributed by atoms with Crippen LogP contribution in [-0.2, 0) is 4.79 Å². The van der Waals surface area contributed by atoms with Crippen molar-refractivity contribution >= 4 is 28.1 Å². The Labute approximate surface area is 186 Å². The number of hydrogen-bond donors (Lipinski definition) is 0. The van der Waals surface area contributed by atoms with Crippen LogP contribution in [0.3, 0.4) is 0 Å². The number of carbonyl (C=O) groups is 1. The number of amides is 1. The van der Waals surface area contributed by atoms with Crippen LogP contribution in [0.1, 0.15) is 37.3 Å². The van der Waals surface area contributed by atoms with Gasteiger partial charge in [-0.25, -0.2) is 23.8 Å². The van der Waals surface area contributed by atoms with E-state index in [9.17, 15) is 13.6 Å². The predicted molar refractivity (Wildman–Crippen MR) is 112 cm³/mol. The number of carbonyl (C=O) groups excluding carboxylic acids is 1. The SMILES string of the molecule is O=C(C1C[C@@H](COc2cc(Br)ncn2)C2CC1C2)N1N=CCC1c1cc(F)cc(F)c1. The first kappa shape index (κ1) is 20.5. The van der Waals surface area contributed by atoms with Crippen molar-refractivity contribution in [1.29, 1.82) is 0 Å². The molecule has 3 fully saturated rings. The van der Waals surface area contributed by atoms with E-state index in [1.165, 1.54) is 23.5 Å². The zero-order valence-electron chi connectivity index (χ0n) is 16.6. The van der Waals surface area contributed by atoms with E-state index in [0.29, 0.717) is 40.9 Å². The van der Waals surface area contributed by atoms with Crippen molar-refractivity contribution in [2.45, 2.75) is 31.7 Å². The van der Waals surface area contributed by atoms with Gasteiger partial charge in [0.2, 0.25) is 11.8 Å². The number of halogens is 3. The second-order valence-corrected chi connectivity index (χ2v) is 9.33. The minimum Gasteiger partial charge on any atom is -0.477 e. The number of nitrogens with zero attached hydrogens (tertiary/aromatic N) is 4. The van der Waals surface area contributed by atoms with Gasteiger partial charge in [0.15, 0.2) is 0 Å². The first-order valence-electron chi connectivity index (χ1n) is 10.4. The Bertz CT molecular complexity index is 1010. The Morgan fingerprint density at radius 3 is 2.61 bits per heavy atom. The largest absolute Gasteiger partial charge is 0.477 e. The molecule has 31 heavy (non-hydrogen) atoms. The number of hydrazone groups is 1. The number of hydrogen-bond acceptors (Lipinski definition) is 5. The third-order valence-corrected chi connectivity index (χ3v) is 7.13. The van der Waals surface area contributed by atoms with E-state index in [1.807, 2.05) is 0 Å². The summed E-state index contributed by atoms with van der Waals surface area (Å²) in [4.78, 5) is 21.5. The van der Waals surface area contributed by atoms with Gasteiger partial charge in [0.25, 0.3) is 0 Å². The van der Waals surface area contributed by atoms with Crippen LogP contribution < -0.4 is 4.74 Å². The number of aromatic nitrogens is 2. The molecule has 1 aromatic carbocycles. The van der Waals surface area contributed by atoms with E-state index in [0.717, 1.165) is 25.3 Å². The molecule has 0 radical (unpaired) electrons. The van der Waals surface area contributed by atoms with Crippen LogP contribution in [0, 0.1) is 35.3 Å². The summed E-state index contributed by atoms with van der Waals surface area (Å²) in [6, 6.07) is 4.64. The minimum absolute atomic E-state index is 0.0682. The van der Waals surface area contributed by atoms with Gasteiger partial charge in [-0.2, -0.15) is 5.10 Å². The maximum absolute atomic E-state index is 13.7. The van der Waals surface area contributed by atoms with Gasteiger partial charge in [0.1, 0.15) is 22.6 Å². The zero-order valence-corrected chi connectivity index (χ0v) is 18.2. The van der Waals surface area contributed by atoms with E-state index in [-0.39, 0.29) is 17.7 Å². The lowest BCUT2D eigenvalue weighted by Gasteiger charge is -2.51. The first-order valence-corrected chi connectivity index (χ1v) is 11.2. The van der Waals surface area contributed by atoms with Crippen molar-refractivity contribution in [3.8, 4) is 5.88 Å². The Morgan fingerprint density at radius 1 is 1.10 bits per heavy atom. The Morgan fingerprint density at radius 2 is 1.87 bits per heavy atom. The van der Waals surface area contributed by atoms with E-state index in [4.69, 9.17) is 4.74 Å². The smallest absolute Gasteiger partial charge is 0.246 e. The zero-order chi connectivity index (χ0) is 21.5. The number of ether oxygens (including phenoxy) is 1. The molecule has 9 heteroatoms. The fraction of sp³-hybridized carbons (Fsp3) is 0.455. The molecule has 1 aromatic heterocycles. The van der Waals surface area contributed by atoms with Crippen LogP contribution >= 0.6 is 15.9 Å². The van der Waals surface area contributed by atoms with Crippen molar-refractivity contribution in [3.05, 3.63) is 52.4 Å². The lowest BCUT2D eigenvalue weighted by Crippen LogP contribution is -2.50. The molecule has 6 nitrogen and oxygen atoms in total. The van der Waals surface area contributed by atoms with E-state index >= 15 is 0 Å². The summed E-state index contributed by atoms with van der Waals surface area (Å²) in [5.74, 6) is 0.114. The van der Waals surface area contributed by atoms with Gasteiger partial charge in [-0.3, -0.25) is 4.79 Å². The highest BCUT2D eigenvalue weighted by Gasteiger charge is 2.50. The maximum atomic E-state index is 13.7. The molecule has 4 aliphatic rings. The van der Waals surface area contributed by atoms with Crippen LogP contribution in [0.2, 0.25) is 0 Å². The summed E-state index contributed by atoms with van der Waals surface area (Å²) < 4.78 is 34.0. The first-order chi connectivity index (χ1) is 15.0. The molecule has 3 saturated carbocycles. The summed E-state index contributed by atoms with van der Waals surface area (Å²) in [5.41, 5.74) is 0.430. The Hall–Kier alpha value is -2.42. The number of benzene rings is 1. The highest BCUT2D eigenvalue weighted by Crippen LogP contribution is 2.53. The molecular weight excluding hydrogens is 470 g/mol. The predicted octanol–water partition coefficient (Wildman–Crippen LogP) is 4.52. The van der Waals surface area contributed by atoms with Gasteiger partial charge in [0, 0.05) is 30.7 Å². The van der Waals surface area contributed by atoms with Gasteiger partial charge < -0.3 is 4.74 Å². The Kier molecular flexibility index (Phi) is 5.45. The number of rotatable bonds is 5. The minimum atomic E-state index is -0.651. The molecular formula is C22H21BrF2N4O2. The average Bonchev–Trinajstić information content (AvgIpc) is 3.20. The van der Waals surface area contributed by atoms with E-state index in [2.05, 4.69) is 31.0 Å². The number of fused-ring (bicyclic) bond motifs is 2. The van der Waals surface area contributed by atoms with Crippen molar-refractivity contribution in [2.24, 2.45) is 28.8 Å². The molecule has 2 heterocycles. The van der Waals surface area contributed by atoms with Crippen LogP contribution in [0.4, 0.5) is 8.78 Å². The van der Waals surface area contributed by atoms with E-state index in [1.54, 1.807) is 12.3 Å². The van der Waals surface area contributed by atoms with Gasteiger partial charge in [-0.1, -0.05) is 0 Å². The van der Waals surface area contributed by atoms with Crippen molar-refractivity contribution in [2.75, 3.05) is 6.61 Å². The van der Waals surface area contributed by atoms with Gasteiger partial charge in [-0.05, 0) is 70.6 Å². The van der Waals surface area contributed by atoms with Crippen molar-refractivity contribution in [1.82, 2.24) is 15.0 Å². The summed E-state index contributed by atoms with van der Waals surface area (Å²) in [7, 11) is 0. The summed E-state index contributed by atoms with van der Waals surface area (Å²) >= 11 is 3.31. The second kappa shape index (κ2) is 8.26. The van der Waals surface area contributed by atoms with Crippen LogP contribution in [0.25, 0.3) is 0 Å². The molecule has 1 amide bonds. The van der Waals surface area contributed by atoms with Crippen molar-refractivity contribution in [3.63, 3.8) is 0 Å². The molecule has 2 aromatic rings. The molecule has 3 aliphatic carbocycles. The lowest BCUT2D eigenvalue weighted by molar-refractivity contribution is -0.148. The van der Waals surface area contributed by atoms with Crippen LogP contribution in [0.15, 0.2) is 40.3 Å². The fourth-order valence-corrected chi connectivity index (χ4v) is 5.36. The highest BCUT2D eigenvalue weighted by molar-refractivity contribution is 9.10. The molecule has 3 atom stereocenters. The quantitative estimate of drug-likeness (QED) is 0.577. The topological polar surface area (TPSA) is 67.7 Å². The Balaban J connectivity index is 1.28. The molecule has 6 rings (SSSR count). The summed E-state index contributed by atoms with van der Waals surface area (Å²) in [6.07, 6.45) is 6.24. The molecule has 0 N–H and O–H groups in total. The highest BCUT2D eigenvalue weighted by atomic mass is 79.9. The van der Waals surface area contributed by atoms with E-state index < -0.39 is 17.7 Å². The standard InChI is InChI=1S/C22H21BrF2N4O2/c23-20-9-21(27-11-26-20)31-10-15-7-18(13-3-12(15)4-13)22(30)29-19(1-2-28-29)14-5-16(24)8-17(25)6-14/h2,5-6,8-9,11-13,15,18-19H,1,3-4,7,10H2/t12?,13?,15-,18?,19?/m0/s1. The molecule has 1 aliphatic heterocycles. The summed E-state index contributed by atoms with van der Waals surface area (Å²) in [6.45, 7) is 0.492.